The molecule has 1 fully saturated rings. The zero-order chi connectivity index (χ0) is 19.1. The lowest BCUT2D eigenvalue weighted by atomic mass is 10.0. The molecule has 1 heterocycles. The second-order valence-electron chi connectivity index (χ2n) is 6.31. The second kappa shape index (κ2) is 9.07. The fraction of sp³-hybridized carbons (Fsp3) is 0.500. The molecule has 0 atom stereocenters. The van der Waals surface area contributed by atoms with Gasteiger partial charge in [-0.3, -0.25) is 9.59 Å². The predicted molar refractivity (Wildman–Crippen MR) is 95.1 cm³/mol. The van der Waals surface area contributed by atoms with Gasteiger partial charge in [0.1, 0.15) is 5.75 Å². The van der Waals surface area contributed by atoms with Crippen molar-refractivity contribution in [3.8, 4) is 5.75 Å². The Morgan fingerprint density at radius 2 is 1.92 bits per heavy atom. The fourth-order valence-electron chi connectivity index (χ4n) is 2.61. The van der Waals surface area contributed by atoms with Crippen molar-refractivity contribution in [1.29, 1.82) is 0 Å². The Morgan fingerprint density at radius 1 is 1.23 bits per heavy atom. The average molecular weight is 363 g/mol. The Hall–Kier alpha value is -2.77. The van der Waals surface area contributed by atoms with E-state index in [2.05, 4.69) is 5.32 Å². The molecule has 2 rings (SSSR count). The molecule has 8 nitrogen and oxygen atoms in total. The van der Waals surface area contributed by atoms with Gasteiger partial charge in [0, 0.05) is 38.8 Å². The maximum Gasteiger partial charge on any atom is 0.409 e. The monoisotopic (exact) mass is 363 g/mol. The summed E-state index contributed by atoms with van der Waals surface area (Å²) in [5.41, 5.74) is 0.468. The number of nitrogens with zero attached hydrogens (tertiary/aromatic N) is 2. The normalized spacial score (nSPS) is 14.5. The molecule has 0 radical (unpaired) electrons. The lowest BCUT2D eigenvalue weighted by Crippen LogP contribution is -2.46. The number of rotatable bonds is 5. The number of hydrogen-bond acceptors (Lipinski definition) is 5. The van der Waals surface area contributed by atoms with Crippen LogP contribution in [0.2, 0.25) is 0 Å². The summed E-state index contributed by atoms with van der Waals surface area (Å²) >= 11 is 0. The summed E-state index contributed by atoms with van der Waals surface area (Å²) in [6.07, 6.45) is 1.01. The highest BCUT2D eigenvalue weighted by molar-refractivity contribution is 5.94. The first-order valence-corrected chi connectivity index (χ1v) is 8.47. The lowest BCUT2D eigenvalue weighted by molar-refractivity contribution is -0.130. The number of likely N-dealkylation sites (tertiary alicyclic amines) is 1. The van der Waals surface area contributed by atoms with Crippen LogP contribution in [0.1, 0.15) is 23.2 Å². The molecular weight excluding hydrogens is 338 g/mol. The highest BCUT2D eigenvalue weighted by Crippen LogP contribution is 2.16. The molecule has 0 aromatic heterocycles. The summed E-state index contributed by atoms with van der Waals surface area (Å²) in [5, 5.41) is 2.97. The topological polar surface area (TPSA) is 88.2 Å². The number of amides is 3. The van der Waals surface area contributed by atoms with Crippen LogP contribution in [0, 0.1) is 0 Å². The SMILES string of the molecule is COC(=O)N1CCC(NC(=O)c2cccc(OCC(=O)N(C)C)c2)CC1. The van der Waals surface area contributed by atoms with E-state index >= 15 is 0 Å². The zero-order valence-electron chi connectivity index (χ0n) is 15.4. The molecule has 0 spiro atoms. The van der Waals surface area contributed by atoms with Crippen molar-refractivity contribution in [2.24, 2.45) is 0 Å². The van der Waals surface area contributed by atoms with Crippen LogP contribution in [0.4, 0.5) is 4.79 Å². The van der Waals surface area contributed by atoms with Gasteiger partial charge in [-0.15, -0.1) is 0 Å². The van der Waals surface area contributed by atoms with Crippen LogP contribution in [0.3, 0.4) is 0 Å². The predicted octanol–water partition coefficient (Wildman–Crippen LogP) is 1.11. The number of hydrogen-bond donors (Lipinski definition) is 1. The van der Waals surface area contributed by atoms with Crippen LogP contribution < -0.4 is 10.1 Å². The van der Waals surface area contributed by atoms with Crippen LogP contribution in [-0.4, -0.2) is 74.7 Å². The van der Waals surface area contributed by atoms with E-state index in [-0.39, 0.29) is 30.6 Å². The van der Waals surface area contributed by atoms with Crippen LogP contribution in [0.25, 0.3) is 0 Å². The first-order chi connectivity index (χ1) is 12.4. The van der Waals surface area contributed by atoms with E-state index in [1.54, 1.807) is 43.3 Å². The number of carbonyl (C=O) groups excluding carboxylic acids is 3. The minimum Gasteiger partial charge on any atom is -0.484 e. The molecule has 26 heavy (non-hydrogen) atoms. The van der Waals surface area contributed by atoms with Gasteiger partial charge in [-0.25, -0.2) is 4.79 Å². The number of methoxy groups -OCH3 is 1. The first-order valence-electron chi connectivity index (χ1n) is 8.47. The summed E-state index contributed by atoms with van der Waals surface area (Å²) in [5.74, 6) is 0.108. The molecule has 142 valence electrons. The number of carbonyl (C=O) groups is 3. The van der Waals surface area contributed by atoms with E-state index < -0.39 is 0 Å². The number of piperidine rings is 1. The van der Waals surface area contributed by atoms with Gasteiger partial charge in [-0.05, 0) is 31.0 Å². The zero-order valence-corrected chi connectivity index (χ0v) is 15.4. The van der Waals surface area contributed by atoms with Gasteiger partial charge in [0.2, 0.25) is 0 Å². The van der Waals surface area contributed by atoms with Gasteiger partial charge < -0.3 is 24.6 Å². The molecule has 1 aliphatic rings. The van der Waals surface area contributed by atoms with E-state index in [9.17, 15) is 14.4 Å². The molecule has 1 aromatic rings. The van der Waals surface area contributed by atoms with Gasteiger partial charge >= 0.3 is 6.09 Å². The summed E-state index contributed by atoms with van der Waals surface area (Å²) in [4.78, 5) is 38.6. The second-order valence-corrected chi connectivity index (χ2v) is 6.31. The van der Waals surface area contributed by atoms with E-state index in [4.69, 9.17) is 9.47 Å². The van der Waals surface area contributed by atoms with Crippen LogP contribution in [0.15, 0.2) is 24.3 Å². The Labute approximate surface area is 153 Å². The van der Waals surface area contributed by atoms with Crippen LogP contribution >= 0.6 is 0 Å². The highest BCUT2D eigenvalue weighted by Gasteiger charge is 2.24. The van der Waals surface area contributed by atoms with Crippen molar-refractivity contribution in [3.05, 3.63) is 29.8 Å². The molecule has 1 N–H and O–H groups in total. The van der Waals surface area contributed by atoms with Gasteiger partial charge in [-0.1, -0.05) is 6.07 Å². The third-order valence-electron chi connectivity index (χ3n) is 4.22. The average Bonchev–Trinajstić information content (AvgIpc) is 2.66. The van der Waals surface area contributed by atoms with Gasteiger partial charge in [0.25, 0.3) is 11.8 Å². The van der Waals surface area contributed by atoms with Crippen LogP contribution in [-0.2, 0) is 9.53 Å². The van der Waals surface area contributed by atoms with Gasteiger partial charge in [-0.2, -0.15) is 0 Å². The Kier molecular flexibility index (Phi) is 6.82. The Balaban J connectivity index is 1.87. The van der Waals surface area contributed by atoms with E-state index in [1.165, 1.54) is 12.0 Å². The van der Waals surface area contributed by atoms with Crippen molar-refractivity contribution in [2.45, 2.75) is 18.9 Å². The minimum atomic E-state index is -0.341. The van der Waals surface area contributed by atoms with Crippen molar-refractivity contribution in [2.75, 3.05) is 40.9 Å². The molecular formula is C18H25N3O5. The number of ether oxygens (including phenoxy) is 2. The molecule has 3 amide bonds. The quantitative estimate of drug-likeness (QED) is 0.847. The van der Waals surface area contributed by atoms with Crippen molar-refractivity contribution >= 4 is 17.9 Å². The minimum absolute atomic E-state index is 0.00305. The molecule has 8 heteroatoms. The van der Waals surface area contributed by atoms with Crippen LogP contribution in [0.5, 0.6) is 5.75 Å². The van der Waals surface area contributed by atoms with Gasteiger partial charge in [0.05, 0.1) is 7.11 Å². The van der Waals surface area contributed by atoms with Crippen molar-refractivity contribution in [1.82, 2.24) is 15.1 Å². The maximum absolute atomic E-state index is 12.4. The van der Waals surface area contributed by atoms with Crippen molar-refractivity contribution < 1.29 is 23.9 Å². The molecule has 1 saturated heterocycles. The molecule has 0 bridgehead atoms. The summed E-state index contributed by atoms with van der Waals surface area (Å²) in [7, 11) is 4.67. The number of nitrogens with one attached hydrogen (secondary N) is 1. The summed E-state index contributed by atoms with van der Waals surface area (Å²) < 4.78 is 10.1. The Morgan fingerprint density at radius 3 is 2.54 bits per heavy atom. The van der Waals surface area contributed by atoms with E-state index in [0.29, 0.717) is 37.2 Å². The molecule has 0 unspecified atom stereocenters. The molecule has 1 aliphatic heterocycles. The highest BCUT2D eigenvalue weighted by atomic mass is 16.5. The van der Waals surface area contributed by atoms with Crippen molar-refractivity contribution in [3.63, 3.8) is 0 Å². The maximum atomic E-state index is 12.4. The largest absolute Gasteiger partial charge is 0.484 e. The summed E-state index contributed by atoms with van der Waals surface area (Å²) in [6, 6.07) is 6.73. The third kappa shape index (κ3) is 5.37. The third-order valence-corrected chi connectivity index (χ3v) is 4.22. The smallest absolute Gasteiger partial charge is 0.409 e. The fourth-order valence-corrected chi connectivity index (χ4v) is 2.61. The first kappa shape index (κ1) is 19.6. The number of benzene rings is 1. The summed E-state index contributed by atoms with van der Waals surface area (Å²) in [6.45, 7) is 1.02. The lowest BCUT2D eigenvalue weighted by Gasteiger charge is -2.31. The molecule has 1 aromatic carbocycles. The number of likely N-dealkylation sites (N-methyl/N-ethyl adjacent to an activating group) is 1. The van der Waals surface area contributed by atoms with E-state index in [1.807, 2.05) is 0 Å². The van der Waals surface area contributed by atoms with E-state index in [0.717, 1.165) is 0 Å². The molecule has 0 aliphatic carbocycles. The molecule has 0 saturated carbocycles. The van der Waals surface area contributed by atoms with Gasteiger partial charge in [0.15, 0.2) is 6.61 Å². The standard InChI is InChI=1S/C18H25N3O5/c1-20(2)16(22)12-26-15-6-4-5-13(11-15)17(23)19-14-7-9-21(10-8-14)18(24)25-3/h4-6,11,14H,7-10,12H2,1-3H3,(H,19,23). The Bertz CT molecular complexity index is 654.